The number of hydrogen-bond acceptors (Lipinski definition) is 2. The average Bonchev–Trinajstić information content (AvgIpc) is 2.43. The smallest absolute Gasteiger partial charge is 0.221 e. The minimum atomic E-state index is 0.0543. The summed E-state index contributed by atoms with van der Waals surface area (Å²) in [6.07, 6.45) is 0.441. The second-order valence-corrected chi connectivity index (χ2v) is 5.29. The lowest BCUT2D eigenvalue weighted by Crippen LogP contribution is -2.40. The summed E-state index contributed by atoms with van der Waals surface area (Å²) in [5.74, 6) is 0.842. The van der Waals surface area contributed by atoms with E-state index in [-0.39, 0.29) is 11.9 Å². The van der Waals surface area contributed by atoms with Gasteiger partial charge in [-0.2, -0.15) is 0 Å². The number of aliphatic imine (C=N–C) groups is 1. The van der Waals surface area contributed by atoms with E-state index in [4.69, 9.17) is 0 Å². The van der Waals surface area contributed by atoms with Crippen molar-refractivity contribution in [3.05, 3.63) is 35.9 Å². The van der Waals surface area contributed by atoms with Gasteiger partial charge in [-0.15, -0.1) is 0 Å². The van der Waals surface area contributed by atoms with E-state index < -0.39 is 0 Å². The van der Waals surface area contributed by atoms with Crippen LogP contribution in [0.25, 0.3) is 0 Å². The van der Waals surface area contributed by atoms with Crippen molar-refractivity contribution in [1.82, 2.24) is 15.5 Å². The zero-order chi connectivity index (χ0) is 15.7. The van der Waals surface area contributed by atoms with Crippen LogP contribution < -0.4 is 10.6 Å². The van der Waals surface area contributed by atoms with Gasteiger partial charge >= 0.3 is 0 Å². The predicted octanol–water partition coefficient (Wildman–Crippen LogP) is 1.61. The SMILES string of the molecule is CN=C(NCCC(=O)NC(C)C)N(C)Cc1ccccc1. The average molecular weight is 290 g/mol. The molecule has 1 aromatic rings. The zero-order valence-electron chi connectivity index (χ0n) is 13.4. The molecule has 1 amide bonds. The van der Waals surface area contributed by atoms with Crippen LogP contribution in [0.3, 0.4) is 0 Å². The van der Waals surface area contributed by atoms with Crippen LogP contribution in [0.15, 0.2) is 35.3 Å². The Labute approximate surface area is 127 Å². The standard InChI is InChI=1S/C16H26N4O/c1-13(2)19-15(21)10-11-18-16(17-3)20(4)12-14-8-6-5-7-9-14/h5-9,13H,10-12H2,1-4H3,(H,17,18)(H,19,21). The van der Waals surface area contributed by atoms with Gasteiger partial charge in [-0.1, -0.05) is 30.3 Å². The van der Waals surface area contributed by atoms with Gasteiger partial charge in [-0.25, -0.2) is 0 Å². The topological polar surface area (TPSA) is 56.7 Å². The summed E-state index contributed by atoms with van der Waals surface area (Å²) in [5.41, 5.74) is 1.22. The van der Waals surface area contributed by atoms with Gasteiger partial charge in [0.1, 0.15) is 0 Å². The molecule has 0 atom stereocenters. The predicted molar refractivity (Wildman–Crippen MR) is 87.2 cm³/mol. The number of carbonyl (C=O) groups excluding carboxylic acids is 1. The molecule has 0 fully saturated rings. The van der Waals surface area contributed by atoms with Gasteiger partial charge in [0.15, 0.2) is 5.96 Å². The van der Waals surface area contributed by atoms with Gasteiger partial charge in [0.2, 0.25) is 5.91 Å². The van der Waals surface area contributed by atoms with Crippen molar-refractivity contribution in [2.45, 2.75) is 32.9 Å². The molecule has 0 saturated heterocycles. The lowest BCUT2D eigenvalue weighted by atomic mass is 10.2. The fourth-order valence-electron chi connectivity index (χ4n) is 2.00. The number of benzene rings is 1. The Morgan fingerprint density at radius 3 is 2.52 bits per heavy atom. The molecule has 0 radical (unpaired) electrons. The Morgan fingerprint density at radius 2 is 1.95 bits per heavy atom. The maximum Gasteiger partial charge on any atom is 0.221 e. The highest BCUT2D eigenvalue weighted by Crippen LogP contribution is 2.02. The van der Waals surface area contributed by atoms with Crippen LogP contribution in [-0.4, -0.2) is 43.4 Å². The van der Waals surface area contributed by atoms with E-state index in [0.29, 0.717) is 13.0 Å². The van der Waals surface area contributed by atoms with Crippen LogP contribution in [0.5, 0.6) is 0 Å². The maximum atomic E-state index is 11.6. The first-order valence-electron chi connectivity index (χ1n) is 7.28. The van der Waals surface area contributed by atoms with Crippen LogP contribution in [0.4, 0.5) is 0 Å². The van der Waals surface area contributed by atoms with Crippen LogP contribution in [0.2, 0.25) is 0 Å². The molecule has 2 N–H and O–H groups in total. The summed E-state index contributed by atoms with van der Waals surface area (Å²) in [6.45, 7) is 5.26. The second-order valence-electron chi connectivity index (χ2n) is 5.29. The highest BCUT2D eigenvalue weighted by molar-refractivity contribution is 5.81. The fourth-order valence-corrected chi connectivity index (χ4v) is 2.00. The molecule has 0 spiro atoms. The van der Waals surface area contributed by atoms with Gasteiger partial charge in [-0.3, -0.25) is 9.79 Å². The highest BCUT2D eigenvalue weighted by Gasteiger charge is 2.08. The first kappa shape index (κ1) is 17.0. The molecule has 0 aromatic heterocycles. The molecule has 0 heterocycles. The van der Waals surface area contributed by atoms with Crippen molar-refractivity contribution in [2.75, 3.05) is 20.6 Å². The highest BCUT2D eigenvalue weighted by atomic mass is 16.1. The number of hydrogen-bond donors (Lipinski definition) is 2. The molecule has 21 heavy (non-hydrogen) atoms. The first-order valence-corrected chi connectivity index (χ1v) is 7.28. The van der Waals surface area contributed by atoms with E-state index in [1.54, 1.807) is 7.05 Å². The van der Waals surface area contributed by atoms with Gasteiger partial charge in [0.05, 0.1) is 0 Å². The lowest BCUT2D eigenvalue weighted by Gasteiger charge is -2.22. The zero-order valence-corrected chi connectivity index (χ0v) is 13.4. The van der Waals surface area contributed by atoms with Gasteiger partial charge in [-0.05, 0) is 19.4 Å². The lowest BCUT2D eigenvalue weighted by molar-refractivity contribution is -0.121. The van der Waals surface area contributed by atoms with Gasteiger partial charge < -0.3 is 15.5 Å². The molecule has 5 nitrogen and oxygen atoms in total. The van der Waals surface area contributed by atoms with Crippen LogP contribution >= 0.6 is 0 Å². The molecule has 0 bridgehead atoms. The van der Waals surface area contributed by atoms with Crippen molar-refractivity contribution in [1.29, 1.82) is 0 Å². The number of carbonyl (C=O) groups is 1. The third-order valence-corrected chi connectivity index (χ3v) is 2.92. The largest absolute Gasteiger partial charge is 0.356 e. The molecule has 0 aliphatic heterocycles. The molecule has 0 saturated carbocycles. The Kier molecular flexibility index (Phi) is 7.29. The van der Waals surface area contributed by atoms with E-state index in [9.17, 15) is 4.79 Å². The molecule has 5 heteroatoms. The second kappa shape index (κ2) is 9.00. The summed E-state index contributed by atoms with van der Waals surface area (Å²) in [5, 5.41) is 6.08. The van der Waals surface area contributed by atoms with Crippen molar-refractivity contribution < 1.29 is 4.79 Å². The molecule has 1 rings (SSSR count). The Balaban J connectivity index is 2.39. The fraction of sp³-hybridized carbons (Fsp3) is 0.500. The molecular weight excluding hydrogens is 264 g/mol. The summed E-state index contributed by atoms with van der Waals surface area (Å²) in [6, 6.07) is 10.4. The summed E-state index contributed by atoms with van der Waals surface area (Å²) < 4.78 is 0. The van der Waals surface area contributed by atoms with E-state index in [1.165, 1.54) is 5.56 Å². The molecule has 1 aromatic carbocycles. The van der Waals surface area contributed by atoms with Gasteiger partial charge in [0.25, 0.3) is 0 Å². The van der Waals surface area contributed by atoms with Crippen molar-refractivity contribution in [3.63, 3.8) is 0 Å². The molecule has 0 aliphatic rings. The monoisotopic (exact) mass is 290 g/mol. The number of amides is 1. The summed E-state index contributed by atoms with van der Waals surface area (Å²) in [7, 11) is 3.73. The summed E-state index contributed by atoms with van der Waals surface area (Å²) in [4.78, 5) is 17.9. The minimum absolute atomic E-state index is 0.0543. The summed E-state index contributed by atoms with van der Waals surface area (Å²) >= 11 is 0. The first-order chi connectivity index (χ1) is 10.0. The minimum Gasteiger partial charge on any atom is -0.356 e. The number of nitrogens with one attached hydrogen (secondary N) is 2. The van der Waals surface area contributed by atoms with E-state index in [1.807, 2.05) is 44.0 Å². The third-order valence-electron chi connectivity index (χ3n) is 2.92. The molecule has 116 valence electrons. The van der Waals surface area contributed by atoms with Crippen molar-refractivity contribution in [2.24, 2.45) is 4.99 Å². The van der Waals surface area contributed by atoms with E-state index in [2.05, 4.69) is 27.8 Å². The quantitative estimate of drug-likeness (QED) is 0.618. The van der Waals surface area contributed by atoms with Crippen LogP contribution in [-0.2, 0) is 11.3 Å². The maximum absolute atomic E-state index is 11.6. The van der Waals surface area contributed by atoms with Gasteiger partial charge in [0, 0.05) is 39.6 Å². The molecule has 0 aliphatic carbocycles. The normalized spacial score (nSPS) is 11.4. The van der Waals surface area contributed by atoms with E-state index >= 15 is 0 Å². The Morgan fingerprint density at radius 1 is 1.29 bits per heavy atom. The van der Waals surface area contributed by atoms with Crippen molar-refractivity contribution in [3.8, 4) is 0 Å². The molecule has 0 unspecified atom stereocenters. The number of rotatable bonds is 6. The Bertz CT molecular complexity index is 457. The number of guanidine groups is 1. The number of nitrogens with zero attached hydrogens (tertiary/aromatic N) is 2. The van der Waals surface area contributed by atoms with E-state index in [0.717, 1.165) is 12.5 Å². The van der Waals surface area contributed by atoms with Crippen LogP contribution in [0, 0.1) is 0 Å². The van der Waals surface area contributed by atoms with Crippen molar-refractivity contribution >= 4 is 11.9 Å². The third kappa shape index (κ3) is 6.79. The molecular formula is C16H26N4O. The van der Waals surface area contributed by atoms with Crippen LogP contribution in [0.1, 0.15) is 25.8 Å². The Hall–Kier alpha value is -2.04.